The molecule has 0 saturated carbocycles. The maximum atomic E-state index is 11.8. The van der Waals surface area contributed by atoms with Crippen LogP contribution in [0.2, 0.25) is 9.49 Å². The fourth-order valence-electron chi connectivity index (χ4n) is 1.41. The zero-order chi connectivity index (χ0) is 13.8. The van der Waals surface area contributed by atoms with E-state index in [4.69, 9.17) is 23.2 Å². The minimum atomic E-state index is -0.776. The summed E-state index contributed by atoms with van der Waals surface area (Å²) in [4.78, 5) is 16.3. The minimum Gasteiger partial charge on any atom is -0.386 e. The summed E-state index contributed by atoms with van der Waals surface area (Å²) < 4.78 is 0.599. The number of hydrogen-bond donors (Lipinski definition) is 2. The lowest BCUT2D eigenvalue weighted by Gasteiger charge is -2.10. The molecule has 0 aliphatic carbocycles. The highest BCUT2D eigenvalue weighted by molar-refractivity contribution is 7.16. The van der Waals surface area contributed by atoms with Crippen LogP contribution in [-0.4, -0.2) is 22.5 Å². The summed E-state index contributed by atoms with van der Waals surface area (Å²) in [5, 5.41) is 12.8. The quantitative estimate of drug-likeness (QED) is 0.852. The first-order chi connectivity index (χ1) is 9.06. The van der Waals surface area contributed by atoms with Crippen LogP contribution in [0.25, 0.3) is 0 Å². The van der Waals surface area contributed by atoms with Gasteiger partial charge in [0.15, 0.2) is 0 Å². The van der Waals surface area contributed by atoms with E-state index in [9.17, 15) is 9.90 Å². The maximum absolute atomic E-state index is 11.8. The molecule has 0 spiro atoms. The third-order valence-electron chi connectivity index (χ3n) is 2.37. The van der Waals surface area contributed by atoms with Gasteiger partial charge >= 0.3 is 0 Å². The molecule has 2 heterocycles. The topological polar surface area (TPSA) is 62.2 Å². The molecule has 100 valence electrons. The predicted molar refractivity (Wildman–Crippen MR) is 75.9 cm³/mol. The molecule has 7 heteroatoms. The van der Waals surface area contributed by atoms with Crippen LogP contribution in [0.4, 0.5) is 0 Å². The molecule has 0 bridgehead atoms. The molecular formula is C12H10Cl2N2O2S. The van der Waals surface area contributed by atoms with E-state index >= 15 is 0 Å². The number of aliphatic hydroxyl groups is 1. The number of amides is 1. The summed E-state index contributed by atoms with van der Waals surface area (Å²) in [5.41, 5.74) is 0.390. The Morgan fingerprint density at radius 2 is 2.16 bits per heavy atom. The lowest BCUT2D eigenvalue weighted by molar-refractivity contribution is 0.0917. The van der Waals surface area contributed by atoms with Crippen LogP contribution in [0.3, 0.4) is 0 Å². The van der Waals surface area contributed by atoms with Crippen molar-refractivity contribution >= 4 is 40.4 Å². The zero-order valence-corrected chi connectivity index (χ0v) is 12.0. The normalized spacial score (nSPS) is 12.2. The van der Waals surface area contributed by atoms with E-state index in [1.165, 1.54) is 23.6 Å². The Morgan fingerprint density at radius 3 is 2.74 bits per heavy atom. The smallest absolute Gasteiger partial charge is 0.252 e. The highest BCUT2D eigenvalue weighted by Gasteiger charge is 2.12. The lowest BCUT2D eigenvalue weighted by atomic mass is 10.2. The van der Waals surface area contributed by atoms with Crippen LogP contribution in [0.15, 0.2) is 30.5 Å². The van der Waals surface area contributed by atoms with Gasteiger partial charge in [-0.05, 0) is 24.3 Å². The van der Waals surface area contributed by atoms with E-state index in [1.807, 2.05) is 0 Å². The number of nitrogens with one attached hydrogen (secondary N) is 1. The van der Waals surface area contributed by atoms with Crippen LogP contribution in [0.1, 0.15) is 21.3 Å². The van der Waals surface area contributed by atoms with E-state index in [-0.39, 0.29) is 12.5 Å². The molecule has 0 aliphatic rings. The predicted octanol–water partition coefficient (Wildman–Crippen LogP) is 2.91. The van der Waals surface area contributed by atoms with Crippen LogP contribution < -0.4 is 5.32 Å². The Hall–Kier alpha value is -1.14. The van der Waals surface area contributed by atoms with Crippen molar-refractivity contribution in [2.75, 3.05) is 6.54 Å². The van der Waals surface area contributed by atoms with Crippen molar-refractivity contribution < 1.29 is 9.90 Å². The second kappa shape index (κ2) is 6.34. The third kappa shape index (κ3) is 3.91. The molecule has 0 aromatic carbocycles. The van der Waals surface area contributed by atoms with Crippen molar-refractivity contribution in [1.29, 1.82) is 0 Å². The van der Waals surface area contributed by atoms with Crippen LogP contribution in [0.5, 0.6) is 0 Å². The average Bonchev–Trinajstić information content (AvgIpc) is 2.83. The van der Waals surface area contributed by atoms with Gasteiger partial charge in [-0.15, -0.1) is 11.3 Å². The van der Waals surface area contributed by atoms with Gasteiger partial charge in [-0.2, -0.15) is 0 Å². The fraction of sp³-hybridized carbons (Fsp3) is 0.167. The molecule has 0 fully saturated rings. The van der Waals surface area contributed by atoms with Crippen molar-refractivity contribution in [3.63, 3.8) is 0 Å². The second-order valence-electron chi connectivity index (χ2n) is 3.74. The molecule has 1 amide bonds. The van der Waals surface area contributed by atoms with E-state index in [0.717, 1.165) is 0 Å². The molecule has 0 aliphatic heterocycles. The van der Waals surface area contributed by atoms with Gasteiger partial charge in [0.05, 0.1) is 9.90 Å². The van der Waals surface area contributed by atoms with Gasteiger partial charge < -0.3 is 10.4 Å². The highest BCUT2D eigenvalue weighted by atomic mass is 35.5. The number of aromatic nitrogens is 1. The number of thiophene rings is 1. The summed E-state index contributed by atoms with van der Waals surface area (Å²) >= 11 is 12.7. The van der Waals surface area contributed by atoms with Crippen molar-refractivity contribution in [2.24, 2.45) is 0 Å². The Morgan fingerprint density at radius 1 is 1.37 bits per heavy atom. The van der Waals surface area contributed by atoms with Crippen LogP contribution in [0, 0.1) is 0 Å². The average molecular weight is 317 g/mol. The number of hydrogen-bond acceptors (Lipinski definition) is 4. The third-order valence-corrected chi connectivity index (χ3v) is 3.92. The summed E-state index contributed by atoms with van der Waals surface area (Å²) in [6, 6.07) is 6.54. The molecule has 4 nitrogen and oxygen atoms in total. The van der Waals surface area contributed by atoms with Crippen molar-refractivity contribution in [2.45, 2.75) is 6.10 Å². The van der Waals surface area contributed by atoms with Crippen molar-refractivity contribution in [3.05, 3.63) is 50.4 Å². The zero-order valence-electron chi connectivity index (χ0n) is 9.64. The number of rotatable bonds is 4. The molecule has 0 unspecified atom stereocenters. The molecule has 2 N–H and O–H groups in total. The number of halogens is 2. The molecule has 2 rings (SSSR count). The van der Waals surface area contributed by atoms with E-state index in [0.29, 0.717) is 19.9 Å². The van der Waals surface area contributed by atoms with Crippen molar-refractivity contribution in [1.82, 2.24) is 10.3 Å². The van der Waals surface area contributed by atoms with Gasteiger partial charge in [0, 0.05) is 17.6 Å². The van der Waals surface area contributed by atoms with Gasteiger partial charge in [0.25, 0.3) is 5.91 Å². The number of pyridine rings is 1. The molecule has 0 radical (unpaired) electrons. The SMILES string of the molecule is O=C(NC[C@H](O)c1ccc(Cl)s1)c1ccc(Cl)nc1. The largest absolute Gasteiger partial charge is 0.386 e. The first-order valence-electron chi connectivity index (χ1n) is 5.39. The molecule has 1 atom stereocenters. The summed E-state index contributed by atoms with van der Waals surface area (Å²) in [6.07, 6.45) is 0.605. The summed E-state index contributed by atoms with van der Waals surface area (Å²) in [6.45, 7) is 0.109. The first-order valence-corrected chi connectivity index (χ1v) is 6.96. The summed E-state index contributed by atoms with van der Waals surface area (Å²) in [5.74, 6) is -0.314. The Labute approximate surface area is 124 Å². The molecular weight excluding hydrogens is 307 g/mol. The number of aliphatic hydroxyl groups excluding tert-OH is 1. The van der Waals surface area contributed by atoms with Crippen LogP contribution >= 0.6 is 34.5 Å². The Balaban J connectivity index is 1.91. The highest BCUT2D eigenvalue weighted by Crippen LogP contribution is 2.26. The molecule has 2 aromatic rings. The molecule has 2 aromatic heterocycles. The standard InChI is InChI=1S/C12H10Cl2N2O2S/c13-10-3-1-7(5-15-10)12(18)16-6-8(17)9-2-4-11(14)19-9/h1-5,8,17H,6H2,(H,16,18)/t8-/m0/s1. The molecule has 19 heavy (non-hydrogen) atoms. The van der Waals surface area contributed by atoms with Crippen LogP contribution in [-0.2, 0) is 0 Å². The number of nitrogens with zero attached hydrogens (tertiary/aromatic N) is 1. The Bertz CT molecular complexity index is 571. The van der Waals surface area contributed by atoms with E-state index in [2.05, 4.69) is 10.3 Å². The van der Waals surface area contributed by atoms with E-state index in [1.54, 1.807) is 18.2 Å². The van der Waals surface area contributed by atoms with Crippen molar-refractivity contribution in [3.8, 4) is 0 Å². The summed E-state index contributed by atoms with van der Waals surface area (Å²) in [7, 11) is 0. The Kier molecular flexibility index (Phi) is 4.76. The first kappa shape index (κ1) is 14.3. The van der Waals surface area contributed by atoms with Gasteiger partial charge in [0.2, 0.25) is 0 Å². The van der Waals surface area contributed by atoms with Gasteiger partial charge in [0.1, 0.15) is 11.3 Å². The van der Waals surface area contributed by atoms with Gasteiger partial charge in [-0.25, -0.2) is 4.98 Å². The monoisotopic (exact) mass is 316 g/mol. The minimum absolute atomic E-state index is 0.109. The van der Waals surface area contributed by atoms with E-state index < -0.39 is 6.10 Å². The number of carbonyl (C=O) groups excluding carboxylic acids is 1. The lowest BCUT2D eigenvalue weighted by Crippen LogP contribution is -2.28. The fourth-order valence-corrected chi connectivity index (χ4v) is 2.57. The number of carbonyl (C=O) groups is 1. The maximum Gasteiger partial charge on any atom is 0.252 e. The molecule has 0 saturated heterocycles. The second-order valence-corrected chi connectivity index (χ2v) is 5.87. The van der Waals surface area contributed by atoms with Gasteiger partial charge in [-0.1, -0.05) is 23.2 Å². The van der Waals surface area contributed by atoms with Gasteiger partial charge in [-0.3, -0.25) is 4.79 Å².